The highest BCUT2D eigenvalue weighted by Gasteiger charge is 2.03. The van der Waals surface area contributed by atoms with Gasteiger partial charge in [-0.3, -0.25) is 4.79 Å². The molecule has 1 rings (SSSR count). The third-order valence-electron chi connectivity index (χ3n) is 2.08. The number of hydrogen-bond donors (Lipinski definition) is 0. The van der Waals surface area contributed by atoms with E-state index >= 15 is 0 Å². The smallest absolute Gasteiger partial charge is 0.146 e. The fourth-order valence-corrected chi connectivity index (χ4v) is 1.44. The van der Waals surface area contributed by atoms with Crippen molar-refractivity contribution in [3.8, 4) is 0 Å². The highest BCUT2D eigenvalue weighted by molar-refractivity contribution is 6.42. The topological polar surface area (TPSA) is 17.1 Å². The van der Waals surface area contributed by atoms with E-state index in [1.807, 2.05) is 26.0 Å². The first kappa shape index (κ1) is 12.3. The molecule has 0 saturated carbocycles. The number of halogens is 2. The van der Waals surface area contributed by atoms with E-state index in [1.54, 1.807) is 12.1 Å². The first-order valence-corrected chi connectivity index (χ1v) is 5.42. The monoisotopic (exact) mass is 242 g/mol. The Kier molecular flexibility index (Phi) is 4.37. The summed E-state index contributed by atoms with van der Waals surface area (Å²) in [6, 6.07) is 5.30. The third kappa shape index (κ3) is 3.37. The van der Waals surface area contributed by atoms with Crippen LogP contribution in [0.1, 0.15) is 19.4 Å². The molecule has 0 aromatic heterocycles. The van der Waals surface area contributed by atoms with Crippen molar-refractivity contribution in [2.45, 2.75) is 13.8 Å². The van der Waals surface area contributed by atoms with Crippen molar-refractivity contribution in [1.82, 2.24) is 0 Å². The minimum atomic E-state index is 0.206. The van der Waals surface area contributed by atoms with Crippen LogP contribution in [0.3, 0.4) is 0 Å². The van der Waals surface area contributed by atoms with E-state index < -0.39 is 0 Å². The summed E-state index contributed by atoms with van der Waals surface area (Å²) in [5.41, 5.74) is 1.63. The Morgan fingerprint density at radius 2 is 1.93 bits per heavy atom. The number of allylic oxidation sites excluding steroid dienone is 1. The van der Waals surface area contributed by atoms with Crippen molar-refractivity contribution in [2.24, 2.45) is 5.92 Å². The molecule has 0 radical (unpaired) electrons. The summed E-state index contributed by atoms with van der Waals surface area (Å²) in [5, 5.41) is 1.02. The molecule has 0 amide bonds. The van der Waals surface area contributed by atoms with Gasteiger partial charge in [-0.1, -0.05) is 43.1 Å². The van der Waals surface area contributed by atoms with Crippen LogP contribution in [0.2, 0.25) is 10.0 Å². The van der Waals surface area contributed by atoms with Crippen LogP contribution in [-0.4, -0.2) is 6.29 Å². The van der Waals surface area contributed by atoms with Gasteiger partial charge in [-0.15, -0.1) is 0 Å². The first-order valence-electron chi connectivity index (χ1n) is 4.66. The highest BCUT2D eigenvalue weighted by atomic mass is 35.5. The van der Waals surface area contributed by atoms with Crippen LogP contribution in [0.25, 0.3) is 6.08 Å². The lowest BCUT2D eigenvalue weighted by Crippen LogP contribution is -1.94. The normalized spacial score (nSPS) is 11.9. The Morgan fingerprint density at radius 1 is 1.27 bits per heavy atom. The summed E-state index contributed by atoms with van der Waals surface area (Å²) in [6.07, 6.45) is 2.69. The molecule has 0 fully saturated rings. The molecule has 0 aliphatic carbocycles. The van der Waals surface area contributed by atoms with E-state index in [4.69, 9.17) is 23.2 Å². The second kappa shape index (κ2) is 5.34. The summed E-state index contributed by atoms with van der Waals surface area (Å²) in [6.45, 7) is 3.94. The van der Waals surface area contributed by atoms with Gasteiger partial charge in [0.2, 0.25) is 0 Å². The van der Waals surface area contributed by atoms with Gasteiger partial charge in [0.05, 0.1) is 10.0 Å². The van der Waals surface area contributed by atoms with Crippen molar-refractivity contribution in [3.05, 3.63) is 39.4 Å². The lowest BCUT2D eigenvalue weighted by Gasteiger charge is -2.04. The molecule has 0 atom stereocenters. The van der Waals surface area contributed by atoms with Crippen LogP contribution in [0.4, 0.5) is 0 Å². The number of carbonyl (C=O) groups is 1. The fraction of sp³-hybridized carbons (Fsp3) is 0.250. The maximum absolute atomic E-state index is 10.8. The SMILES string of the molecule is CC(C)/C(C=O)=C/c1ccc(Cl)c(Cl)c1. The Bertz CT molecular complexity index is 395. The molecule has 0 saturated heterocycles. The average Bonchev–Trinajstić information content (AvgIpc) is 2.19. The zero-order chi connectivity index (χ0) is 11.4. The van der Waals surface area contributed by atoms with Gasteiger partial charge < -0.3 is 0 Å². The molecule has 0 heterocycles. The molecular formula is C12H12Cl2O. The number of hydrogen-bond acceptors (Lipinski definition) is 1. The van der Waals surface area contributed by atoms with E-state index in [0.29, 0.717) is 10.0 Å². The molecule has 0 spiro atoms. The maximum atomic E-state index is 10.8. The molecule has 3 heteroatoms. The average molecular weight is 243 g/mol. The van der Waals surface area contributed by atoms with Crippen molar-refractivity contribution < 1.29 is 4.79 Å². The number of aldehydes is 1. The molecule has 15 heavy (non-hydrogen) atoms. The third-order valence-corrected chi connectivity index (χ3v) is 2.82. The van der Waals surface area contributed by atoms with Crippen molar-refractivity contribution in [1.29, 1.82) is 0 Å². The number of rotatable bonds is 3. The molecule has 0 N–H and O–H groups in total. The lowest BCUT2D eigenvalue weighted by molar-refractivity contribution is -0.105. The van der Waals surface area contributed by atoms with E-state index in [9.17, 15) is 4.79 Å². The highest BCUT2D eigenvalue weighted by Crippen LogP contribution is 2.24. The van der Waals surface area contributed by atoms with Crippen molar-refractivity contribution in [2.75, 3.05) is 0 Å². The lowest BCUT2D eigenvalue weighted by atomic mass is 10.0. The van der Waals surface area contributed by atoms with Crippen LogP contribution in [0, 0.1) is 5.92 Å². The predicted octanol–water partition coefficient (Wildman–Crippen LogP) is 4.23. The van der Waals surface area contributed by atoms with Gasteiger partial charge in [0.15, 0.2) is 0 Å². The van der Waals surface area contributed by atoms with Crippen LogP contribution >= 0.6 is 23.2 Å². The van der Waals surface area contributed by atoms with Gasteiger partial charge in [0.1, 0.15) is 6.29 Å². The van der Waals surface area contributed by atoms with E-state index in [0.717, 1.165) is 17.4 Å². The Hall–Kier alpha value is -0.790. The molecule has 1 aromatic rings. The van der Waals surface area contributed by atoms with E-state index in [2.05, 4.69) is 0 Å². The second-order valence-electron chi connectivity index (χ2n) is 3.59. The summed E-state index contributed by atoms with van der Waals surface area (Å²) in [4.78, 5) is 10.8. The zero-order valence-electron chi connectivity index (χ0n) is 8.63. The first-order chi connectivity index (χ1) is 7.04. The van der Waals surface area contributed by atoms with Crippen LogP contribution in [0.5, 0.6) is 0 Å². The van der Waals surface area contributed by atoms with Gasteiger partial charge in [-0.25, -0.2) is 0 Å². The van der Waals surface area contributed by atoms with Crippen LogP contribution in [0.15, 0.2) is 23.8 Å². The molecule has 0 aliphatic heterocycles. The van der Waals surface area contributed by atoms with Crippen molar-refractivity contribution >= 4 is 35.6 Å². The molecule has 80 valence electrons. The molecule has 0 unspecified atom stereocenters. The van der Waals surface area contributed by atoms with Gasteiger partial charge in [-0.05, 0) is 35.3 Å². The largest absolute Gasteiger partial charge is 0.298 e. The van der Waals surface area contributed by atoms with Gasteiger partial charge in [0.25, 0.3) is 0 Å². The molecule has 1 aromatic carbocycles. The Morgan fingerprint density at radius 3 is 2.40 bits per heavy atom. The van der Waals surface area contributed by atoms with Crippen LogP contribution < -0.4 is 0 Å². The second-order valence-corrected chi connectivity index (χ2v) is 4.40. The predicted molar refractivity (Wildman–Crippen MR) is 65.3 cm³/mol. The maximum Gasteiger partial charge on any atom is 0.146 e. The Labute approximate surface area is 99.7 Å². The molecule has 1 nitrogen and oxygen atoms in total. The van der Waals surface area contributed by atoms with Crippen LogP contribution in [-0.2, 0) is 4.79 Å². The van der Waals surface area contributed by atoms with Gasteiger partial charge >= 0.3 is 0 Å². The summed E-state index contributed by atoms with van der Waals surface area (Å²) >= 11 is 11.7. The Balaban J connectivity index is 3.07. The summed E-state index contributed by atoms with van der Waals surface area (Å²) in [7, 11) is 0. The molecule has 0 bridgehead atoms. The van der Waals surface area contributed by atoms with Gasteiger partial charge in [0, 0.05) is 0 Å². The minimum absolute atomic E-state index is 0.206. The number of benzene rings is 1. The zero-order valence-corrected chi connectivity index (χ0v) is 10.1. The van der Waals surface area contributed by atoms with Gasteiger partial charge in [-0.2, -0.15) is 0 Å². The number of carbonyl (C=O) groups excluding carboxylic acids is 1. The van der Waals surface area contributed by atoms with E-state index in [-0.39, 0.29) is 5.92 Å². The standard InChI is InChI=1S/C12H12Cl2O/c1-8(2)10(7-15)5-9-3-4-11(13)12(14)6-9/h3-8H,1-2H3/b10-5+. The fourth-order valence-electron chi connectivity index (χ4n) is 1.13. The molecular weight excluding hydrogens is 231 g/mol. The minimum Gasteiger partial charge on any atom is -0.298 e. The quantitative estimate of drug-likeness (QED) is 0.573. The summed E-state index contributed by atoms with van der Waals surface area (Å²) in [5.74, 6) is 0.206. The molecule has 0 aliphatic rings. The summed E-state index contributed by atoms with van der Waals surface area (Å²) < 4.78 is 0. The van der Waals surface area contributed by atoms with E-state index in [1.165, 1.54) is 0 Å². The van der Waals surface area contributed by atoms with Crippen molar-refractivity contribution in [3.63, 3.8) is 0 Å².